The zero-order valence-corrected chi connectivity index (χ0v) is 13.2. The number of rotatable bonds is 7. The number of halogens is 1. The van der Waals surface area contributed by atoms with Gasteiger partial charge in [0.25, 0.3) is 0 Å². The summed E-state index contributed by atoms with van der Waals surface area (Å²) >= 11 is 0. The van der Waals surface area contributed by atoms with Crippen molar-refractivity contribution in [3.8, 4) is 0 Å². The Kier molecular flexibility index (Phi) is 6.75. The highest BCUT2D eigenvalue weighted by molar-refractivity contribution is 5.85. The maximum atomic E-state index is 4.53. The summed E-state index contributed by atoms with van der Waals surface area (Å²) in [6.45, 7) is 9.94. The van der Waals surface area contributed by atoms with E-state index in [9.17, 15) is 0 Å². The Morgan fingerprint density at radius 1 is 1.05 bits per heavy atom. The third-order valence-corrected chi connectivity index (χ3v) is 2.88. The highest BCUT2D eigenvalue weighted by Crippen LogP contribution is 2.01. The molecule has 20 heavy (non-hydrogen) atoms. The van der Waals surface area contributed by atoms with Crippen LogP contribution in [0.4, 0.5) is 0 Å². The van der Waals surface area contributed by atoms with Crippen LogP contribution in [0.1, 0.15) is 32.2 Å². The van der Waals surface area contributed by atoms with E-state index in [0.717, 1.165) is 37.6 Å². The number of nitrogens with zero attached hydrogens (tertiary/aromatic N) is 4. The molecule has 0 bridgehead atoms. The largest absolute Gasteiger partial charge is 0.305 e. The minimum absolute atomic E-state index is 0. The second-order valence-corrected chi connectivity index (χ2v) is 5.19. The number of hydrogen-bond donors (Lipinski definition) is 1. The van der Waals surface area contributed by atoms with Crippen molar-refractivity contribution in [1.82, 2.24) is 24.9 Å². The fraction of sp³-hybridized carbons (Fsp3) is 0.571. The van der Waals surface area contributed by atoms with E-state index in [1.807, 2.05) is 27.8 Å². The monoisotopic (exact) mass is 297 g/mol. The van der Waals surface area contributed by atoms with Crippen molar-refractivity contribution >= 4 is 12.4 Å². The summed E-state index contributed by atoms with van der Waals surface area (Å²) in [4.78, 5) is 0. The van der Waals surface area contributed by atoms with Crippen molar-refractivity contribution in [3.63, 3.8) is 0 Å². The lowest BCUT2D eigenvalue weighted by Gasteiger charge is -2.04. The molecule has 1 N–H and O–H groups in total. The van der Waals surface area contributed by atoms with Gasteiger partial charge in [-0.05, 0) is 25.0 Å². The molecule has 2 rings (SSSR count). The zero-order valence-electron chi connectivity index (χ0n) is 12.4. The van der Waals surface area contributed by atoms with Gasteiger partial charge in [-0.2, -0.15) is 10.2 Å². The van der Waals surface area contributed by atoms with Crippen LogP contribution in [0.2, 0.25) is 0 Å². The summed E-state index contributed by atoms with van der Waals surface area (Å²) in [6, 6.07) is 4.12. The molecule has 112 valence electrons. The first-order valence-electron chi connectivity index (χ1n) is 6.92. The highest BCUT2D eigenvalue weighted by atomic mass is 35.5. The molecule has 0 radical (unpaired) electrons. The number of aromatic nitrogens is 4. The maximum absolute atomic E-state index is 4.53. The summed E-state index contributed by atoms with van der Waals surface area (Å²) in [5, 5.41) is 12.3. The summed E-state index contributed by atoms with van der Waals surface area (Å²) in [7, 11) is 0. The highest BCUT2D eigenvalue weighted by Gasteiger charge is 2.02. The van der Waals surface area contributed by atoms with Crippen LogP contribution in [-0.4, -0.2) is 19.6 Å². The Morgan fingerprint density at radius 2 is 1.60 bits per heavy atom. The van der Waals surface area contributed by atoms with Crippen molar-refractivity contribution < 1.29 is 0 Å². The molecule has 2 aromatic heterocycles. The molecule has 0 atom stereocenters. The van der Waals surface area contributed by atoms with Gasteiger partial charge in [-0.25, -0.2) is 0 Å². The fourth-order valence-electron chi connectivity index (χ4n) is 1.97. The van der Waals surface area contributed by atoms with Gasteiger partial charge in [0.15, 0.2) is 0 Å². The van der Waals surface area contributed by atoms with Crippen molar-refractivity contribution in [2.45, 2.75) is 47.0 Å². The molecule has 0 spiro atoms. The molecule has 0 saturated carbocycles. The molecule has 0 fully saturated rings. The van der Waals surface area contributed by atoms with E-state index < -0.39 is 0 Å². The molecular weight excluding hydrogens is 274 g/mol. The zero-order chi connectivity index (χ0) is 13.7. The molecule has 0 aliphatic rings. The summed E-state index contributed by atoms with van der Waals surface area (Å²) in [6.07, 6.45) is 4.05. The molecule has 2 heterocycles. The molecule has 0 aliphatic carbocycles. The van der Waals surface area contributed by atoms with Gasteiger partial charge < -0.3 is 5.32 Å². The van der Waals surface area contributed by atoms with Gasteiger partial charge in [-0.3, -0.25) is 9.36 Å². The Morgan fingerprint density at radius 3 is 2.10 bits per heavy atom. The average Bonchev–Trinajstić information content (AvgIpc) is 2.98. The molecular formula is C14H24ClN5. The fourth-order valence-corrected chi connectivity index (χ4v) is 1.97. The van der Waals surface area contributed by atoms with Crippen LogP contribution in [0.15, 0.2) is 24.5 Å². The molecule has 2 aromatic rings. The van der Waals surface area contributed by atoms with E-state index in [0.29, 0.717) is 5.92 Å². The smallest absolute Gasteiger partial charge is 0.0762 e. The molecule has 0 amide bonds. The van der Waals surface area contributed by atoms with Crippen molar-refractivity contribution in [2.75, 3.05) is 0 Å². The van der Waals surface area contributed by atoms with E-state index in [1.165, 1.54) is 0 Å². The first-order chi connectivity index (χ1) is 9.17. The second kappa shape index (κ2) is 8.07. The van der Waals surface area contributed by atoms with Gasteiger partial charge in [0.05, 0.1) is 11.4 Å². The molecule has 0 unspecified atom stereocenters. The van der Waals surface area contributed by atoms with Crippen LogP contribution in [-0.2, 0) is 26.2 Å². The molecule has 0 saturated heterocycles. The quantitative estimate of drug-likeness (QED) is 0.854. The predicted octanol–water partition coefficient (Wildman–Crippen LogP) is 2.47. The summed E-state index contributed by atoms with van der Waals surface area (Å²) in [5.74, 6) is 0.624. The Labute approximate surface area is 126 Å². The lowest BCUT2D eigenvalue weighted by molar-refractivity contribution is 0.477. The summed E-state index contributed by atoms with van der Waals surface area (Å²) < 4.78 is 3.95. The number of aryl methyl sites for hydroxylation is 1. The second-order valence-electron chi connectivity index (χ2n) is 5.19. The first kappa shape index (κ1) is 16.7. The van der Waals surface area contributed by atoms with Crippen LogP contribution in [0, 0.1) is 5.92 Å². The van der Waals surface area contributed by atoms with Gasteiger partial charge in [-0.1, -0.05) is 13.8 Å². The number of hydrogen-bond acceptors (Lipinski definition) is 3. The first-order valence-corrected chi connectivity index (χ1v) is 6.92. The maximum Gasteiger partial charge on any atom is 0.0762 e. The van der Waals surface area contributed by atoms with Crippen molar-refractivity contribution in [2.24, 2.45) is 5.92 Å². The van der Waals surface area contributed by atoms with Crippen molar-refractivity contribution in [3.05, 3.63) is 35.9 Å². The lowest BCUT2D eigenvalue weighted by atomic mass is 10.2. The van der Waals surface area contributed by atoms with E-state index >= 15 is 0 Å². The third kappa shape index (κ3) is 4.98. The van der Waals surface area contributed by atoms with Crippen LogP contribution in [0.25, 0.3) is 0 Å². The van der Waals surface area contributed by atoms with Crippen LogP contribution >= 0.6 is 12.4 Å². The minimum atomic E-state index is 0. The predicted molar refractivity (Wildman–Crippen MR) is 82.8 cm³/mol. The SMILES string of the molecule is CCn1ccc(CNCc2ccn(CC(C)C)n2)n1.Cl. The standard InChI is InChI=1S/C14H23N5.ClH/c1-4-18-7-5-13(16-18)9-15-10-14-6-8-19(17-14)11-12(2)3;/h5-8,12,15H,4,9-11H2,1-3H3;1H. The molecule has 6 heteroatoms. The van der Waals surface area contributed by atoms with Crippen LogP contribution < -0.4 is 5.32 Å². The lowest BCUT2D eigenvalue weighted by Crippen LogP contribution is -2.14. The normalized spacial score (nSPS) is 10.8. The Bertz CT molecular complexity index is 503. The third-order valence-electron chi connectivity index (χ3n) is 2.88. The number of nitrogens with one attached hydrogen (secondary N) is 1. The van der Waals surface area contributed by atoms with E-state index in [4.69, 9.17) is 0 Å². The van der Waals surface area contributed by atoms with E-state index in [-0.39, 0.29) is 12.4 Å². The average molecular weight is 298 g/mol. The van der Waals surface area contributed by atoms with Gasteiger partial charge in [0.1, 0.15) is 0 Å². The topological polar surface area (TPSA) is 47.7 Å². The van der Waals surface area contributed by atoms with Gasteiger partial charge in [0.2, 0.25) is 0 Å². The van der Waals surface area contributed by atoms with Gasteiger partial charge >= 0.3 is 0 Å². The van der Waals surface area contributed by atoms with E-state index in [1.54, 1.807) is 0 Å². The molecule has 0 aromatic carbocycles. The minimum Gasteiger partial charge on any atom is -0.305 e. The Balaban J connectivity index is 0.00000200. The molecule has 5 nitrogen and oxygen atoms in total. The van der Waals surface area contributed by atoms with E-state index in [2.05, 4.69) is 42.4 Å². The van der Waals surface area contributed by atoms with Gasteiger partial charge in [0, 0.05) is 38.6 Å². The van der Waals surface area contributed by atoms with Crippen LogP contribution in [0.3, 0.4) is 0 Å². The van der Waals surface area contributed by atoms with Crippen molar-refractivity contribution in [1.29, 1.82) is 0 Å². The molecule has 0 aliphatic heterocycles. The van der Waals surface area contributed by atoms with Gasteiger partial charge in [-0.15, -0.1) is 12.4 Å². The Hall–Kier alpha value is -1.33. The van der Waals surface area contributed by atoms with Crippen LogP contribution in [0.5, 0.6) is 0 Å². The summed E-state index contributed by atoms with van der Waals surface area (Å²) in [5.41, 5.74) is 2.15.